The van der Waals surface area contributed by atoms with Crippen LogP contribution >= 0.6 is 11.6 Å². The van der Waals surface area contributed by atoms with Crippen LogP contribution in [0.25, 0.3) is 0 Å². The molecule has 0 saturated carbocycles. The smallest absolute Gasteiger partial charge is 0.280 e. The molecular weight excluding hydrogens is 494 g/mol. The van der Waals surface area contributed by atoms with Gasteiger partial charge in [-0.2, -0.15) is 18.4 Å². The van der Waals surface area contributed by atoms with Gasteiger partial charge in [-0.05, 0) is 61.0 Å². The van der Waals surface area contributed by atoms with Crippen LogP contribution in [0, 0.1) is 0 Å². The average Bonchev–Trinajstić information content (AvgIpc) is 2.87. The highest BCUT2D eigenvalue weighted by Gasteiger charge is 2.20. The number of nitrogens with zero attached hydrogens (tertiary/aromatic N) is 1. The Morgan fingerprint density at radius 1 is 0.943 bits per heavy atom. The third-order valence-corrected chi connectivity index (χ3v) is 6.26. The van der Waals surface area contributed by atoms with E-state index in [1.807, 2.05) is 0 Å². The summed E-state index contributed by atoms with van der Waals surface area (Å²) < 4.78 is 41.1. The molecule has 0 unspecified atom stereocenters. The number of amides is 1. The number of hydrazone groups is 1. The zero-order valence-corrected chi connectivity index (χ0v) is 20.8. The Morgan fingerprint density at radius 2 is 1.60 bits per heavy atom. The highest BCUT2D eigenvalue weighted by atomic mass is 35.5. The van der Waals surface area contributed by atoms with E-state index in [4.69, 9.17) is 25.8 Å². The van der Waals surface area contributed by atoms with Gasteiger partial charge in [-0.25, -0.2) is 0 Å². The van der Waals surface area contributed by atoms with E-state index in [0.717, 1.165) is 0 Å². The number of rotatable bonds is 10. The summed E-state index contributed by atoms with van der Waals surface area (Å²) in [5.41, 5.74) is 1.63. The number of benzene rings is 3. The van der Waals surface area contributed by atoms with E-state index >= 15 is 0 Å². The molecule has 0 fully saturated rings. The second-order valence-corrected chi connectivity index (χ2v) is 9.24. The molecular formula is C24H24ClN3O6S. The quantitative estimate of drug-likeness (QED) is 0.309. The molecule has 0 heterocycles. The summed E-state index contributed by atoms with van der Waals surface area (Å²) in [5, 5.41) is 7.30. The van der Waals surface area contributed by atoms with Gasteiger partial charge in [0.05, 0.1) is 19.9 Å². The van der Waals surface area contributed by atoms with E-state index in [1.165, 1.54) is 32.4 Å². The van der Waals surface area contributed by atoms with Crippen LogP contribution in [0.15, 0.2) is 76.7 Å². The van der Waals surface area contributed by atoms with E-state index in [-0.39, 0.29) is 23.2 Å². The molecule has 35 heavy (non-hydrogen) atoms. The minimum Gasteiger partial charge on any atom is -0.497 e. The second kappa shape index (κ2) is 11.6. The predicted octanol–water partition coefficient (Wildman–Crippen LogP) is 4.08. The Morgan fingerprint density at radius 3 is 2.23 bits per heavy atom. The summed E-state index contributed by atoms with van der Waals surface area (Å²) in [7, 11) is -1.14. The molecule has 3 aromatic carbocycles. The van der Waals surface area contributed by atoms with Gasteiger partial charge >= 0.3 is 0 Å². The Kier molecular flexibility index (Phi) is 8.56. The second-order valence-electron chi connectivity index (χ2n) is 7.18. The van der Waals surface area contributed by atoms with Crippen molar-refractivity contribution >= 4 is 38.9 Å². The van der Waals surface area contributed by atoms with Crippen LogP contribution in [0.3, 0.4) is 0 Å². The summed E-state index contributed by atoms with van der Waals surface area (Å²) >= 11 is 5.82. The lowest BCUT2D eigenvalue weighted by Gasteiger charge is -2.11. The molecule has 9 nitrogen and oxygen atoms in total. The van der Waals surface area contributed by atoms with Crippen molar-refractivity contribution < 1.29 is 27.4 Å². The summed E-state index contributed by atoms with van der Waals surface area (Å²) in [5.74, 6) is 0.787. The summed E-state index contributed by atoms with van der Waals surface area (Å²) in [6, 6.07) is 17.8. The number of hydrogen-bond donors (Lipinski definition) is 2. The predicted molar refractivity (Wildman–Crippen MR) is 134 cm³/mol. The first-order chi connectivity index (χ1) is 16.7. The van der Waals surface area contributed by atoms with Crippen LogP contribution in [0.5, 0.6) is 17.2 Å². The van der Waals surface area contributed by atoms with Crippen molar-refractivity contribution in [2.75, 3.05) is 26.1 Å². The number of hydrogen-bond acceptors (Lipinski definition) is 7. The van der Waals surface area contributed by atoms with Crippen molar-refractivity contribution in [3.8, 4) is 17.2 Å². The highest BCUT2D eigenvalue weighted by molar-refractivity contribution is 7.89. The van der Waals surface area contributed by atoms with Gasteiger partial charge in [0.2, 0.25) is 0 Å². The zero-order chi connectivity index (χ0) is 25.4. The van der Waals surface area contributed by atoms with Crippen molar-refractivity contribution in [3.63, 3.8) is 0 Å². The van der Waals surface area contributed by atoms with Gasteiger partial charge < -0.3 is 19.5 Å². The lowest BCUT2D eigenvalue weighted by atomic mass is 10.1. The number of ether oxygens (including phenoxy) is 3. The molecule has 0 spiro atoms. The van der Waals surface area contributed by atoms with Crippen LogP contribution in [0.1, 0.15) is 12.5 Å². The molecule has 3 rings (SSSR count). The molecule has 1 amide bonds. The molecule has 0 bridgehead atoms. The van der Waals surface area contributed by atoms with Gasteiger partial charge in [0.1, 0.15) is 22.1 Å². The summed E-state index contributed by atoms with van der Waals surface area (Å²) in [6.45, 7) is 1.49. The van der Waals surface area contributed by atoms with Gasteiger partial charge in [0.25, 0.3) is 15.9 Å². The molecule has 0 atom stereocenters. The van der Waals surface area contributed by atoms with Crippen molar-refractivity contribution in [1.82, 2.24) is 4.83 Å². The molecule has 0 saturated heterocycles. The number of halogens is 1. The van der Waals surface area contributed by atoms with E-state index < -0.39 is 10.0 Å². The van der Waals surface area contributed by atoms with Gasteiger partial charge in [0.15, 0.2) is 6.61 Å². The maximum absolute atomic E-state index is 12.7. The minimum atomic E-state index is -3.98. The van der Waals surface area contributed by atoms with Crippen molar-refractivity contribution in [2.24, 2.45) is 5.10 Å². The van der Waals surface area contributed by atoms with E-state index in [2.05, 4.69) is 15.2 Å². The van der Waals surface area contributed by atoms with Crippen molar-refractivity contribution in [2.45, 2.75) is 11.8 Å². The van der Waals surface area contributed by atoms with E-state index in [1.54, 1.807) is 55.5 Å². The molecule has 0 radical (unpaired) electrons. The third kappa shape index (κ3) is 7.11. The van der Waals surface area contributed by atoms with Crippen LogP contribution in [-0.2, 0) is 14.8 Å². The van der Waals surface area contributed by atoms with Crippen molar-refractivity contribution in [1.29, 1.82) is 0 Å². The van der Waals surface area contributed by atoms with Gasteiger partial charge in [-0.1, -0.05) is 23.7 Å². The Labute approximate surface area is 208 Å². The van der Waals surface area contributed by atoms with Crippen LogP contribution < -0.4 is 24.4 Å². The van der Waals surface area contributed by atoms with E-state index in [0.29, 0.717) is 33.5 Å². The largest absolute Gasteiger partial charge is 0.497 e. The fourth-order valence-electron chi connectivity index (χ4n) is 2.91. The first-order valence-electron chi connectivity index (χ1n) is 10.3. The SMILES string of the molecule is COc1ccc(S(=O)(=O)N/N=C(\C)c2ccc(NC(=O)COc3ccc(Cl)cc3)cc2)c(OC)c1. The molecule has 0 aliphatic heterocycles. The fourth-order valence-corrected chi connectivity index (χ4v) is 4.05. The zero-order valence-electron chi connectivity index (χ0n) is 19.2. The highest BCUT2D eigenvalue weighted by Crippen LogP contribution is 2.28. The number of sulfonamides is 1. The number of anilines is 1. The Bertz CT molecular complexity index is 1310. The maximum Gasteiger partial charge on any atom is 0.280 e. The van der Waals surface area contributed by atoms with Crippen LogP contribution in [0.2, 0.25) is 5.02 Å². The molecule has 3 aromatic rings. The number of nitrogens with one attached hydrogen (secondary N) is 2. The number of methoxy groups -OCH3 is 2. The van der Waals surface area contributed by atoms with Crippen LogP contribution in [-0.4, -0.2) is 40.9 Å². The number of carbonyl (C=O) groups is 1. The van der Waals surface area contributed by atoms with Crippen molar-refractivity contribution in [3.05, 3.63) is 77.3 Å². The third-order valence-electron chi connectivity index (χ3n) is 4.76. The Hall–Kier alpha value is -3.76. The topological polar surface area (TPSA) is 115 Å². The maximum atomic E-state index is 12.7. The molecule has 0 aliphatic carbocycles. The lowest BCUT2D eigenvalue weighted by molar-refractivity contribution is -0.118. The van der Waals surface area contributed by atoms with E-state index in [9.17, 15) is 13.2 Å². The lowest BCUT2D eigenvalue weighted by Crippen LogP contribution is -2.21. The summed E-state index contributed by atoms with van der Waals surface area (Å²) in [4.78, 5) is 14.3. The molecule has 2 N–H and O–H groups in total. The molecule has 184 valence electrons. The van der Waals surface area contributed by atoms with Gasteiger partial charge in [0, 0.05) is 16.8 Å². The molecule has 11 heteroatoms. The van der Waals surface area contributed by atoms with Crippen LogP contribution in [0.4, 0.5) is 5.69 Å². The molecule has 0 aliphatic rings. The summed E-state index contributed by atoms with van der Waals surface area (Å²) in [6.07, 6.45) is 0. The van der Waals surface area contributed by atoms with Gasteiger partial charge in [-0.15, -0.1) is 0 Å². The minimum absolute atomic E-state index is 0.0729. The number of carbonyl (C=O) groups excluding carboxylic acids is 1. The monoisotopic (exact) mass is 517 g/mol. The fraction of sp³-hybridized carbons (Fsp3) is 0.167. The first-order valence-corrected chi connectivity index (χ1v) is 12.1. The standard InChI is InChI=1S/C24H24ClN3O6S/c1-16(27-28-35(30,31)23-13-12-21(32-2)14-22(23)33-3)17-4-8-19(9-5-17)26-24(29)15-34-20-10-6-18(25)7-11-20/h4-14,28H,15H2,1-3H3,(H,26,29)/b27-16+. The molecule has 0 aromatic heterocycles. The normalized spacial score (nSPS) is 11.5. The first kappa shape index (κ1) is 25.9. The Balaban J connectivity index is 1.60. The van der Waals surface area contributed by atoms with Gasteiger partial charge in [-0.3, -0.25) is 4.79 Å². The average molecular weight is 518 g/mol.